The average molecular weight is 288 g/mol. The van der Waals surface area contributed by atoms with Gasteiger partial charge in [-0.3, -0.25) is 9.59 Å². The molecule has 3 rings (SSSR count). The standard InChI is InChI=1S/C14H12N2O3S/c1-8-13(17)16-10-7-9(4-5-12(10)20-8)15-14(18)11-3-2-6-19-11/h2-8H,1H3,(H,15,18)(H,16,17). The Morgan fingerprint density at radius 1 is 1.40 bits per heavy atom. The molecule has 0 fully saturated rings. The molecule has 1 aliphatic rings. The number of carbonyl (C=O) groups is 2. The summed E-state index contributed by atoms with van der Waals surface area (Å²) < 4.78 is 5.03. The van der Waals surface area contributed by atoms with Gasteiger partial charge < -0.3 is 15.1 Å². The van der Waals surface area contributed by atoms with Crippen LogP contribution in [0.15, 0.2) is 45.9 Å². The first-order valence-electron chi connectivity index (χ1n) is 6.10. The lowest BCUT2D eigenvalue weighted by Gasteiger charge is -2.21. The van der Waals surface area contributed by atoms with Gasteiger partial charge in [0.25, 0.3) is 5.91 Å². The molecule has 1 atom stereocenters. The van der Waals surface area contributed by atoms with Crippen LogP contribution in [0.5, 0.6) is 0 Å². The molecule has 0 aliphatic carbocycles. The van der Waals surface area contributed by atoms with Crippen molar-refractivity contribution in [2.45, 2.75) is 17.1 Å². The van der Waals surface area contributed by atoms with E-state index in [0.29, 0.717) is 5.69 Å². The summed E-state index contributed by atoms with van der Waals surface area (Å²) in [6.45, 7) is 1.86. The molecule has 102 valence electrons. The second-order valence-corrected chi connectivity index (χ2v) is 5.77. The summed E-state index contributed by atoms with van der Waals surface area (Å²) in [5, 5.41) is 5.45. The van der Waals surface area contributed by atoms with Crippen LogP contribution >= 0.6 is 11.8 Å². The summed E-state index contributed by atoms with van der Waals surface area (Å²) >= 11 is 1.50. The molecule has 2 N–H and O–H groups in total. The summed E-state index contributed by atoms with van der Waals surface area (Å²) in [5.74, 6) is -0.107. The van der Waals surface area contributed by atoms with Crippen molar-refractivity contribution in [3.63, 3.8) is 0 Å². The Balaban J connectivity index is 1.81. The first-order chi connectivity index (χ1) is 9.63. The molecule has 5 nitrogen and oxygen atoms in total. The van der Waals surface area contributed by atoms with Crippen LogP contribution in [-0.2, 0) is 4.79 Å². The fourth-order valence-corrected chi connectivity index (χ4v) is 2.82. The molecular weight excluding hydrogens is 276 g/mol. The minimum absolute atomic E-state index is 0.0305. The largest absolute Gasteiger partial charge is 0.459 e. The molecule has 2 aromatic rings. The van der Waals surface area contributed by atoms with Gasteiger partial charge in [0.05, 0.1) is 17.2 Å². The number of thioether (sulfide) groups is 1. The highest BCUT2D eigenvalue weighted by Gasteiger charge is 2.23. The Kier molecular flexibility index (Phi) is 3.23. The van der Waals surface area contributed by atoms with Crippen LogP contribution < -0.4 is 10.6 Å². The molecule has 1 aliphatic heterocycles. The molecule has 6 heteroatoms. The van der Waals surface area contributed by atoms with Crippen LogP contribution in [0.1, 0.15) is 17.5 Å². The van der Waals surface area contributed by atoms with Crippen molar-refractivity contribution in [2.75, 3.05) is 10.6 Å². The van der Waals surface area contributed by atoms with Crippen LogP contribution in [-0.4, -0.2) is 17.1 Å². The fourth-order valence-electron chi connectivity index (χ4n) is 1.89. The van der Waals surface area contributed by atoms with Crippen LogP contribution in [0.3, 0.4) is 0 Å². The monoisotopic (exact) mass is 288 g/mol. The van der Waals surface area contributed by atoms with E-state index in [0.717, 1.165) is 10.6 Å². The summed E-state index contributed by atoms with van der Waals surface area (Å²) in [6.07, 6.45) is 1.44. The number of fused-ring (bicyclic) bond motifs is 1. The van der Waals surface area contributed by atoms with Crippen molar-refractivity contribution in [3.8, 4) is 0 Å². The number of hydrogen-bond acceptors (Lipinski definition) is 4. The summed E-state index contributed by atoms with van der Waals surface area (Å²) in [7, 11) is 0. The van der Waals surface area contributed by atoms with Crippen molar-refractivity contribution in [1.82, 2.24) is 0 Å². The molecule has 1 aromatic heterocycles. The number of benzene rings is 1. The molecule has 0 saturated heterocycles. The normalized spacial score (nSPS) is 17.2. The zero-order valence-electron chi connectivity index (χ0n) is 10.7. The van der Waals surface area contributed by atoms with Gasteiger partial charge in [-0.15, -0.1) is 11.8 Å². The Morgan fingerprint density at radius 3 is 3.00 bits per heavy atom. The number of nitrogens with one attached hydrogen (secondary N) is 2. The third kappa shape index (κ3) is 2.42. The molecule has 1 aromatic carbocycles. The maximum Gasteiger partial charge on any atom is 0.291 e. The van der Waals surface area contributed by atoms with Gasteiger partial charge in [0.1, 0.15) is 0 Å². The van der Waals surface area contributed by atoms with E-state index < -0.39 is 0 Å². The number of anilines is 2. The van der Waals surface area contributed by atoms with E-state index in [4.69, 9.17) is 4.42 Å². The topological polar surface area (TPSA) is 71.3 Å². The molecule has 0 spiro atoms. The van der Waals surface area contributed by atoms with Crippen molar-refractivity contribution in [1.29, 1.82) is 0 Å². The van der Waals surface area contributed by atoms with E-state index in [9.17, 15) is 9.59 Å². The third-order valence-electron chi connectivity index (χ3n) is 2.91. The van der Waals surface area contributed by atoms with E-state index in [1.807, 2.05) is 13.0 Å². The molecule has 0 saturated carbocycles. The van der Waals surface area contributed by atoms with Crippen LogP contribution in [0, 0.1) is 0 Å². The van der Waals surface area contributed by atoms with Gasteiger partial charge >= 0.3 is 0 Å². The van der Waals surface area contributed by atoms with Crippen LogP contribution in [0.25, 0.3) is 0 Å². The maximum absolute atomic E-state index is 11.9. The number of amides is 2. The van der Waals surface area contributed by atoms with E-state index in [1.54, 1.807) is 24.3 Å². The molecule has 0 radical (unpaired) electrons. The van der Waals surface area contributed by atoms with Gasteiger partial charge in [0, 0.05) is 10.6 Å². The third-order valence-corrected chi connectivity index (χ3v) is 4.09. The van der Waals surface area contributed by atoms with Gasteiger partial charge in [-0.05, 0) is 37.3 Å². The van der Waals surface area contributed by atoms with Crippen LogP contribution in [0.2, 0.25) is 0 Å². The predicted molar refractivity (Wildman–Crippen MR) is 77.1 cm³/mol. The molecule has 2 amide bonds. The number of furan rings is 1. The zero-order chi connectivity index (χ0) is 14.1. The van der Waals surface area contributed by atoms with Crippen molar-refractivity contribution < 1.29 is 14.0 Å². The number of carbonyl (C=O) groups excluding carboxylic acids is 2. The van der Waals surface area contributed by atoms with E-state index in [2.05, 4.69) is 10.6 Å². The Hall–Kier alpha value is -2.21. The van der Waals surface area contributed by atoms with E-state index in [1.165, 1.54) is 18.0 Å². The van der Waals surface area contributed by atoms with Gasteiger partial charge in [-0.1, -0.05) is 0 Å². The Morgan fingerprint density at radius 2 is 2.25 bits per heavy atom. The summed E-state index contributed by atoms with van der Waals surface area (Å²) in [4.78, 5) is 24.5. The summed E-state index contributed by atoms with van der Waals surface area (Å²) in [5.41, 5.74) is 1.33. The first kappa shape index (κ1) is 12.8. The first-order valence-corrected chi connectivity index (χ1v) is 6.98. The molecule has 20 heavy (non-hydrogen) atoms. The Labute approximate surface area is 119 Å². The minimum Gasteiger partial charge on any atom is -0.459 e. The summed E-state index contributed by atoms with van der Waals surface area (Å²) in [6, 6.07) is 8.67. The molecule has 2 heterocycles. The maximum atomic E-state index is 11.9. The van der Waals surface area contributed by atoms with Crippen molar-refractivity contribution in [2.24, 2.45) is 0 Å². The highest BCUT2D eigenvalue weighted by atomic mass is 32.2. The van der Waals surface area contributed by atoms with Crippen LogP contribution in [0.4, 0.5) is 11.4 Å². The van der Waals surface area contributed by atoms with Gasteiger partial charge in [0.15, 0.2) is 5.76 Å². The lowest BCUT2D eigenvalue weighted by Crippen LogP contribution is -2.26. The second-order valence-electron chi connectivity index (χ2n) is 4.39. The molecular formula is C14H12N2O3S. The highest BCUT2D eigenvalue weighted by Crippen LogP contribution is 2.36. The Bertz CT molecular complexity index is 667. The predicted octanol–water partition coefficient (Wildman–Crippen LogP) is 2.96. The lowest BCUT2D eigenvalue weighted by molar-refractivity contribution is -0.115. The zero-order valence-corrected chi connectivity index (χ0v) is 11.5. The van der Waals surface area contributed by atoms with E-state index >= 15 is 0 Å². The molecule has 0 bridgehead atoms. The quantitative estimate of drug-likeness (QED) is 0.891. The van der Waals surface area contributed by atoms with Crippen molar-refractivity contribution in [3.05, 3.63) is 42.4 Å². The lowest BCUT2D eigenvalue weighted by atomic mass is 10.2. The molecule has 1 unspecified atom stereocenters. The SMILES string of the molecule is CC1Sc2ccc(NC(=O)c3ccco3)cc2NC1=O. The van der Waals surface area contributed by atoms with Gasteiger partial charge in [-0.25, -0.2) is 0 Å². The number of rotatable bonds is 2. The average Bonchev–Trinajstić information content (AvgIpc) is 2.94. The minimum atomic E-state index is -0.321. The number of hydrogen-bond donors (Lipinski definition) is 2. The van der Waals surface area contributed by atoms with E-state index in [-0.39, 0.29) is 22.8 Å². The van der Waals surface area contributed by atoms with Gasteiger partial charge in [-0.2, -0.15) is 0 Å². The van der Waals surface area contributed by atoms with Crippen molar-refractivity contribution >= 4 is 35.0 Å². The second kappa shape index (κ2) is 5.05. The highest BCUT2D eigenvalue weighted by molar-refractivity contribution is 8.00. The van der Waals surface area contributed by atoms with Gasteiger partial charge in [0.2, 0.25) is 5.91 Å². The smallest absolute Gasteiger partial charge is 0.291 e. The fraction of sp³-hybridized carbons (Fsp3) is 0.143.